The molecule has 1 aromatic rings. The summed E-state index contributed by atoms with van der Waals surface area (Å²) in [6.45, 7) is 6.22. The van der Waals surface area contributed by atoms with Gasteiger partial charge in [-0.1, -0.05) is 38.4 Å². The normalized spacial score (nSPS) is 13.5. The molecule has 17 heavy (non-hydrogen) atoms. The molecule has 0 saturated carbocycles. The Hall–Kier alpha value is -1.06. The van der Waals surface area contributed by atoms with Crippen LogP contribution in [0.15, 0.2) is 18.2 Å². The van der Waals surface area contributed by atoms with E-state index in [-0.39, 0.29) is 11.8 Å². The second-order valence-electron chi connectivity index (χ2n) is 5.23. The lowest BCUT2D eigenvalue weighted by Crippen LogP contribution is -2.17. The average Bonchev–Trinajstić information content (AvgIpc) is 2.14. The van der Waals surface area contributed by atoms with Crippen molar-refractivity contribution in [3.05, 3.63) is 34.3 Å². The van der Waals surface area contributed by atoms with Gasteiger partial charge in [-0.05, 0) is 28.7 Å². The highest BCUT2D eigenvalue weighted by Gasteiger charge is 2.18. The van der Waals surface area contributed by atoms with Crippen molar-refractivity contribution in [2.75, 3.05) is 0 Å². The third-order valence-corrected chi connectivity index (χ3v) is 2.83. The fourth-order valence-corrected chi connectivity index (χ4v) is 1.81. The lowest BCUT2D eigenvalue weighted by Gasteiger charge is -2.21. The van der Waals surface area contributed by atoms with Crippen molar-refractivity contribution >= 4 is 17.6 Å². The molecule has 0 heterocycles. The summed E-state index contributed by atoms with van der Waals surface area (Å²) < 4.78 is 0. The monoisotopic (exact) mass is 255 g/mol. The van der Waals surface area contributed by atoms with Gasteiger partial charge in [0.25, 0.3) is 0 Å². The molecule has 94 valence electrons. The van der Waals surface area contributed by atoms with Crippen molar-refractivity contribution < 1.29 is 9.90 Å². The van der Waals surface area contributed by atoms with Crippen molar-refractivity contribution in [1.82, 2.24) is 0 Å². The third-order valence-electron chi connectivity index (χ3n) is 2.61. The number of benzene rings is 1. The van der Waals surface area contributed by atoms with Gasteiger partial charge in [0, 0.05) is 11.1 Å². The Morgan fingerprint density at radius 2 is 2.00 bits per heavy atom. The molecule has 0 unspecified atom stereocenters. The van der Waals surface area contributed by atoms with Gasteiger partial charge in [-0.25, -0.2) is 0 Å². The summed E-state index contributed by atoms with van der Waals surface area (Å²) >= 11 is 6.03. The molecular weight excluding hydrogens is 238 g/mol. The molecule has 1 rings (SSSR count). The topological polar surface area (TPSA) is 63.3 Å². The van der Waals surface area contributed by atoms with Crippen LogP contribution >= 0.6 is 11.6 Å². The zero-order chi connectivity index (χ0) is 13.2. The number of aliphatic carboxylic acids is 1. The van der Waals surface area contributed by atoms with E-state index in [4.69, 9.17) is 22.4 Å². The summed E-state index contributed by atoms with van der Waals surface area (Å²) in [5, 5.41) is 9.32. The second kappa shape index (κ2) is 5.07. The summed E-state index contributed by atoms with van der Waals surface area (Å²) in [7, 11) is 0. The number of hydrogen-bond acceptors (Lipinski definition) is 2. The molecule has 0 amide bonds. The Bertz CT molecular complexity index is 424. The van der Waals surface area contributed by atoms with Crippen LogP contribution in [-0.2, 0) is 10.2 Å². The Kier molecular flexibility index (Phi) is 4.17. The van der Waals surface area contributed by atoms with Crippen LogP contribution in [0.2, 0.25) is 5.02 Å². The van der Waals surface area contributed by atoms with E-state index in [9.17, 15) is 4.79 Å². The molecule has 0 aliphatic rings. The highest BCUT2D eigenvalue weighted by atomic mass is 35.5. The molecular formula is C13H18ClNO2. The quantitative estimate of drug-likeness (QED) is 0.872. The molecule has 3 N–H and O–H groups in total. The van der Waals surface area contributed by atoms with Gasteiger partial charge in [-0.15, -0.1) is 0 Å². The van der Waals surface area contributed by atoms with Crippen LogP contribution in [0, 0.1) is 0 Å². The van der Waals surface area contributed by atoms with Gasteiger partial charge < -0.3 is 10.8 Å². The number of carboxylic acid groups (broad SMARTS) is 1. The third kappa shape index (κ3) is 4.02. The zero-order valence-electron chi connectivity index (χ0n) is 10.3. The van der Waals surface area contributed by atoms with Crippen molar-refractivity contribution in [2.24, 2.45) is 5.73 Å². The largest absolute Gasteiger partial charge is 0.481 e. The summed E-state index contributed by atoms with van der Waals surface area (Å²) in [6.07, 6.45) is -0.0933. The van der Waals surface area contributed by atoms with Gasteiger partial charge in [-0.3, -0.25) is 4.79 Å². The highest BCUT2D eigenvalue weighted by molar-refractivity contribution is 6.30. The molecule has 0 spiro atoms. The molecule has 1 atom stereocenters. The predicted octanol–water partition coefficient (Wildman–Crippen LogP) is 3.11. The number of nitrogens with two attached hydrogens (primary N) is 1. The first-order chi connectivity index (χ1) is 7.70. The summed E-state index contributed by atoms with van der Waals surface area (Å²) in [5.74, 6) is -0.908. The smallest absolute Gasteiger partial charge is 0.305 e. The SMILES string of the molecule is CC(C)(C)c1cc(Cl)cc([C@@H](N)CC(=O)O)c1. The van der Waals surface area contributed by atoms with E-state index in [1.54, 1.807) is 6.07 Å². The van der Waals surface area contributed by atoms with E-state index in [2.05, 4.69) is 20.8 Å². The number of carbonyl (C=O) groups is 1. The van der Waals surface area contributed by atoms with Crippen LogP contribution in [0.1, 0.15) is 44.4 Å². The minimum atomic E-state index is -0.908. The maximum atomic E-state index is 10.6. The molecule has 0 aromatic heterocycles. The van der Waals surface area contributed by atoms with E-state index in [0.717, 1.165) is 11.1 Å². The van der Waals surface area contributed by atoms with E-state index in [1.165, 1.54) is 0 Å². The summed E-state index contributed by atoms with van der Waals surface area (Å²) in [4.78, 5) is 10.6. The van der Waals surface area contributed by atoms with Crippen LogP contribution in [-0.4, -0.2) is 11.1 Å². The van der Waals surface area contributed by atoms with Crippen LogP contribution in [0.25, 0.3) is 0 Å². The minimum Gasteiger partial charge on any atom is -0.481 e. The van der Waals surface area contributed by atoms with E-state index < -0.39 is 12.0 Å². The van der Waals surface area contributed by atoms with Gasteiger partial charge in [-0.2, -0.15) is 0 Å². The maximum Gasteiger partial charge on any atom is 0.305 e. The van der Waals surface area contributed by atoms with E-state index in [0.29, 0.717) is 5.02 Å². The molecule has 0 fully saturated rings. The van der Waals surface area contributed by atoms with E-state index >= 15 is 0 Å². The summed E-state index contributed by atoms with van der Waals surface area (Å²) in [5.41, 5.74) is 7.62. The molecule has 0 saturated heterocycles. The molecule has 0 aliphatic heterocycles. The minimum absolute atomic E-state index is 0.0391. The lowest BCUT2D eigenvalue weighted by atomic mass is 9.85. The Labute approximate surface area is 107 Å². The maximum absolute atomic E-state index is 10.6. The van der Waals surface area contributed by atoms with Crippen LogP contribution in [0.4, 0.5) is 0 Å². The standard InChI is InChI=1S/C13H18ClNO2/c1-13(2,3)9-4-8(5-10(14)6-9)11(15)7-12(16)17/h4-6,11H,7,15H2,1-3H3,(H,16,17)/t11-/m0/s1. The van der Waals surface area contributed by atoms with Crippen LogP contribution in [0.5, 0.6) is 0 Å². The van der Waals surface area contributed by atoms with Gasteiger partial charge in [0.2, 0.25) is 0 Å². The Balaban J connectivity index is 3.09. The van der Waals surface area contributed by atoms with E-state index in [1.807, 2.05) is 12.1 Å². The molecule has 1 aromatic carbocycles. The predicted molar refractivity (Wildman–Crippen MR) is 69.3 cm³/mol. The van der Waals surface area contributed by atoms with Gasteiger partial charge in [0.1, 0.15) is 0 Å². The summed E-state index contributed by atoms with van der Waals surface area (Å²) in [6, 6.07) is 5.02. The molecule has 4 heteroatoms. The number of halogens is 1. The van der Waals surface area contributed by atoms with Crippen LogP contribution in [0.3, 0.4) is 0 Å². The van der Waals surface area contributed by atoms with Gasteiger partial charge in [0.05, 0.1) is 6.42 Å². The molecule has 3 nitrogen and oxygen atoms in total. The van der Waals surface area contributed by atoms with Crippen LogP contribution < -0.4 is 5.73 Å². The lowest BCUT2D eigenvalue weighted by molar-refractivity contribution is -0.137. The number of rotatable bonds is 3. The van der Waals surface area contributed by atoms with Gasteiger partial charge in [0.15, 0.2) is 0 Å². The zero-order valence-corrected chi connectivity index (χ0v) is 11.1. The van der Waals surface area contributed by atoms with Crippen molar-refractivity contribution in [2.45, 2.75) is 38.6 Å². The molecule has 0 radical (unpaired) electrons. The molecule has 0 bridgehead atoms. The van der Waals surface area contributed by atoms with Crippen molar-refractivity contribution in [3.63, 3.8) is 0 Å². The number of hydrogen-bond donors (Lipinski definition) is 2. The first-order valence-corrected chi connectivity index (χ1v) is 5.86. The highest BCUT2D eigenvalue weighted by Crippen LogP contribution is 2.29. The fourth-order valence-electron chi connectivity index (χ4n) is 1.57. The first-order valence-electron chi connectivity index (χ1n) is 5.48. The number of carboxylic acids is 1. The Morgan fingerprint density at radius 3 is 2.47 bits per heavy atom. The fraction of sp³-hybridized carbons (Fsp3) is 0.462. The second-order valence-corrected chi connectivity index (χ2v) is 5.66. The van der Waals surface area contributed by atoms with Gasteiger partial charge >= 0.3 is 5.97 Å². The molecule has 0 aliphatic carbocycles. The first kappa shape index (κ1) is 14.0. The van der Waals surface area contributed by atoms with Crippen molar-refractivity contribution in [3.8, 4) is 0 Å². The average molecular weight is 256 g/mol. The van der Waals surface area contributed by atoms with Crippen molar-refractivity contribution in [1.29, 1.82) is 0 Å². The Morgan fingerprint density at radius 1 is 1.41 bits per heavy atom.